The van der Waals surface area contributed by atoms with Crippen molar-refractivity contribution in [1.29, 1.82) is 0 Å². The highest BCUT2D eigenvalue weighted by Crippen LogP contribution is 2.30. The van der Waals surface area contributed by atoms with Crippen LogP contribution in [0.25, 0.3) is 10.2 Å². The van der Waals surface area contributed by atoms with Gasteiger partial charge in [0.2, 0.25) is 0 Å². The van der Waals surface area contributed by atoms with Crippen molar-refractivity contribution >= 4 is 32.6 Å². The van der Waals surface area contributed by atoms with Crippen LogP contribution in [0.2, 0.25) is 0 Å². The smallest absolute Gasteiger partial charge is 0.260 e. The molecule has 0 saturated carbocycles. The lowest BCUT2D eigenvalue weighted by Gasteiger charge is -2.34. The summed E-state index contributed by atoms with van der Waals surface area (Å²) >= 11 is 1.48. The van der Waals surface area contributed by atoms with Gasteiger partial charge in [0.25, 0.3) is 5.91 Å². The summed E-state index contributed by atoms with van der Waals surface area (Å²) in [7, 11) is 0. The summed E-state index contributed by atoms with van der Waals surface area (Å²) in [6, 6.07) is 14.3. The molecular weight excluding hydrogens is 353 g/mol. The molecule has 3 aromatic rings. The largest absolute Gasteiger partial charge is 0.484 e. The Labute approximate surface area is 154 Å². The van der Waals surface area contributed by atoms with Gasteiger partial charge in [-0.2, -0.15) is 0 Å². The Morgan fingerprint density at radius 1 is 1.08 bits per heavy atom. The Morgan fingerprint density at radius 3 is 2.58 bits per heavy atom. The molecule has 0 spiro atoms. The Balaban J connectivity index is 1.34. The molecule has 0 aliphatic carbocycles. The first-order valence-electron chi connectivity index (χ1n) is 8.46. The van der Waals surface area contributed by atoms with E-state index in [1.54, 1.807) is 11.0 Å². The number of anilines is 1. The highest BCUT2D eigenvalue weighted by Gasteiger charge is 2.23. The molecule has 0 unspecified atom stereocenters. The second-order valence-corrected chi connectivity index (χ2v) is 7.06. The number of ether oxygens (including phenoxy) is 1. The molecule has 0 N–H and O–H groups in total. The molecule has 1 saturated heterocycles. The van der Waals surface area contributed by atoms with Crippen LogP contribution in [0.1, 0.15) is 0 Å². The minimum Gasteiger partial charge on any atom is -0.484 e. The lowest BCUT2D eigenvalue weighted by atomic mass is 10.3. The van der Waals surface area contributed by atoms with Gasteiger partial charge < -0.3 is 14.5 Å². The van der Waals surface area contributed by atoms with Gasteiger partial charge >= 0.3 is 0 Å². The molecule has 0 radical (unpaired) electrons. The number of piperazine rings is 1. The van der Waals surface area contributed by atoms with E-state index >= 15 is 0 Å². The lowest BCUT2D eigenvalue weighted by Crippen LogP contribution is -2.50. The molecule has 1 aliphatic heterocycles. The van der Waals surface area contributed by atoms with Gasteiger partial charge in [-0.3, -0.25) is 4.79 Å². The third-order valence-corrected chi connectivity index (χ3v) is 5.45. The van der Waals surface area contributed by atoms with Crippen LogP contribution in [0, 0.1) is 5.82 Å². The maximum atomic E-state index is 13.8. The first-order valence-corrected chi connectivity index (χ1v) is 9.28. The van der Waals surface area contributed by atoms with Crippen LogP contribution in [0.5, 0.6) is 5.75 Å². The Kier molecular flexibility index (Phi) is 4.71. The fraction of sp³-hybridized carbons (Fsp3) is 0.263. The van der Waals surface area contributed by atoms with Gasteiger partial charge in [-0.25, -0.2) is 9.37 Å². The zero-order valence-electron chi connectivity index (χ0n) is 14.1. The highest BCUT2D eigenvalue weighted by atomic mass is 32.1. The van der Waals surface area contributed by atoms with E-state index < -0.39 is 0 Å². The third kappa shape index (κ3) is 3.48. The number of carbonyl (C=O) groups excluding carboxylic acids is 1. The number of benzene rings is 2. The number of carbonyl (C=O) groups is 1. The molecule has 134 valence electrons. The minimum absolute atomic E-state index is 0.0242. The topological polar surface area (TPSA) is 45.7 Å². The van der Waals surface area contributed by atoms with Crippen LogP contribution in [0.15, 0.2) is 48.5 Å². The summed E-state index contributed by atoms with van der Waals surface area (Å²) in [6.07, 6.45) is 0. The Bertz CT molecular complexity index is 908. The summed E-state index contributed by atoms with van der Waals surface area (Å²) in [6.45, 7) is 2.61. The van der Waals surface area contributed by atoms with E-state index in [0.29, 0.717) is 37.4 Å². The zero-order valence-corrected chi connectivity index (χ0v) is 14.9. The summed E-state index contributed by atoms with van der Waals surface area (Å²) < 4.78 is 20.2. The van der Waals surface area contributed by atoms with Crippen LogP contribution in [0.3, 0.4) is 0 Å². The summed E-state index contributed by atoms with van der Waals surface area (Å²) in [5.41, 5.74) is 0.419. The van der Waals surface area contributed by atoms with E-state index in [0.717, 1.165) is 9.83 Å². The first-order chi connectivity index (χ1) is 12.7. The average molecular weight is 371 g/mol. The summed E-state index contributed by atoms with van der Waals surface area (Å²) in [4.78, 5) is 20.6. The molecular formula is C19H18FN3O2S. The second-order valence-electron chi connectivity index (χ2n) is 6.05. The molecule has 2 heterocycles. The van der Waals surface area contributed by atoms with Crippen molar-refractivity contribution in [3.05, 3.63) is 54.3 Å². The van der Waals surface area contributed by atoms with E-state index in [1.165, 1.54) is 17.4 Å². The van der Waals surface area contributed by atoms with Crippen LogP contribution in [-0.2, 0) is 4.79 Å². The molecule has 1 aromatic heterocycles. The summed E-state index contributed by atoms with van der Waals surface area (Å²) in [5.74, 6) is 0.372. The lowest BCUT2D eigenvalue weighted by molar-refractivity contribution is -0.133. The minimum atomic E-state index is -0.295. The summed E-state index contributed by atoms with van der Waals surface area (Å²) in [5, 5.41) is 0.803. The number of thiazole rings is 1. The van der Waals surface area contributed by atoms with Gasteiger partial charge in [0.05, 0.1) is 4.70 Å². The van der Waals surface area contributed by atoms with Gasteiger partial charge in [-0.1, -0.05) is 35.6 Å². The van der Waals surface area contributed by atoms with Crippen molar-refractivity contribution in [3.8, 4) is 5.75 Å². The van der Waals surface area contributed by atoms with Gasteiger partial charge in [-0.15, -0.1) is 0 Å². The van der Waals surface area contributed by atoms with Crippen LogP contribution < -0.4 is 9.64 Å². The number of hydrogen-bond donors (Lipinski definition) is 0. The molecule has 4 rings (SSSR count). The van der Waals surface area contributed by atoms with Crippen molar-refractivity contribution < 1.29 is 13.9 Å². The number of fused-ring (bicyclic) bond motifs is 1. The molecule has 2 aromatic carbocycles. The normalized spacial score (nSPS) is 14.7. The Morgan fingerprint density at radius 2 is 1.85 bits per heavy atom. The van der Waals surface area contributed by atoms with Crippen molar-refractivity contribution in [2.75, 3.05) is 37.7 Å². The second kappa shape index (κ2) is 7.29. The zero-order chi connectivity index (χ0) is 17.9. The molecule has 5 nitrogen and oxygen atoms in total. The SMILES string of the molecule is O=C(COc1ccccc1)N1CCN(c2nc3c(F)cccc3s2)CC1. The van der Waals surface area contributed by atoms with Gasteiger partial charge in [0, 0.05) is 26.2 Å². The average Bonchev–Trinajstić information content (AvgIpc) is 3.13. The van der Waals surface area contributed by atoms with Gasteiger partial charge in [-0.05, 0) is 24.3 Å². The van der Waals surface area contributed by atoms with E-state index in [4.69, 9.17) is 4.74 Å². The molecule has 1 fully saturated rings. The standard InChI is InChI=1S/C19H18FN3O2S/c20-15-7-4-8-16-18(15)21-19(26-16)23-11-9-22(10-12-23)17(24)13-25-14-5-2-1-3-6-14/h1-8H,9-13H2. The quantitative estimate of drug-likeness (QED) is 0.707. The molecule has 0 atom stereocenters. The predicted molar refractivity (Wildman–Crippen MR) is 100 cm³/mol. The maximum Gasteiger partial charge on any atom is 0.260 e. The Hall–Kier alpha value is -2.67. The molecule has 26 heavy (non-hydrogen) atoms. The van der Waals surface area contributed by atoms with Crippen molar-refractivity contribution in [3.63, 3.8) is 0 Å². The van der Waals surface area contributed by atoms with Crippen molar-refractivity contribution in [2.24, 2.45) is 0 Å². The number of rotatable bonds is 4. The van der Waals surface area contributed by atoms with Crippen LogP contribution in [0.4, 0.5) is 9.52 Å². The molecule has 1 aliphatic rings. The van der Waals surface area contributed by atoms with Gasteiger partial charge in [0.15, 0.2) is 11.7 Å². The van der Waals surface area contributed by atoms with E-state index in [9.17, 15) is 9.18 Å². The third-order valence-electron chi connectivity index (χ3n) is 4.37. The van der Waals surface area contributed by atoms with Crippen molar-refractivity contribution in [1.82, 2.24) is 9.88 Å². The predicted octanol–water partition coefficient (Wildman–Crippen LogP) is 3.16. The monoisotopic (exact) mass is 371 g/mol. The van der Waals surface area contributed by atoms with E-state index in [2.05, 4.69) is 9.88 Å². The van der Waals surface area contributed by atoms with Gasteiger partial charge in [0.1, 0.15) is 17.1 Å². The van der Waals surface area contributed by atoms with Crippen LogP contribution in [-0.4, -0.2) is 48.6 Å². The number of halogens is 1. The molecule has 1 amide bonds. The highest BCUT2D eigenvalue weighted by molar-refractivity contribution is 7.22. The number of hydrogen-bond acceptors (Lipinski definition) is 5. The number of aromatic nitrogens is 1. The van der Waals surface area contributed by atoms with E-state index in [1.807, 2.05) is 36.4 Å². The fourth-order valence-corrected chi connectivity index (χ4v) is 3.97. The number of nitrogens with zero attached hydrogens (tertiary/aromatic N) is 3. The first kappa shape index (κ1) is 16.8. The molecule has 7 heteroatoms. The number of para-hydroxylation sites is 2. The number of amides is 1. The van der Waals surface area contributed by atoms with E-state index in [-0.39, 0.29) is 18.3 Å². The van der Waals surface area contributed by atoms with Crippen molar-refractivity contribution in [2.45, 2.75) is 0 Å². The maximum absolute atomic E-state index is 13.8. The fourth-order valence-electron chi connectivity index (χ4n) is 2.94. The molecule has 0 bridgehead atoms. The van der Waals surface area contributed by atoms with Crippen LogP contribution >= 0.6 is 11.3 Å².